The molecule has 0 amide bonds. The highest BCUT2D eigenvalue weighted by atomic mass is 15.3. The lowest BCUT2D eigenvalue weighted by atomic mass is 9.82. The summed E-state index contributed by atoms with van der Waals surface area (Å²) in [4.78, 5) is 5.38. The number of nitrogens with zero attached hydrogens (tertiary/aromatic N) is 2. The van der Waals surface area contributed by atoms with E-state index in [0.29, 0.717) is 6.04 Å². The summed E-state index contributed by atoms with van der Waals surface area (Å²) in [5, 5.41) is 0. The molecule has 3 heteroatoms. The summed E-state index contributed by atoms with van der Waals surface area (Å²) in [7, 11) is 0. The molecule has 19 heavy (non-hydrogen) atoms. The van der Waals surface area contributed by atoms with Crippen LogP contribution in [0.25, 0.3) is 0 Å². The van der Waals surface area contributed by atoms with Crippen molar-refractivity contribution in [1.29, 1.82) is 0 Å². The number of nitrogens with two attached hydrogens (primary N) is 1. The second-order valence-electron chi connectivity index (χ2n) is 7.70. The van der Waals surface area contributed by atoms with Crippen LogP contribution in [0, 0.1) is 5.41 Å². The van der Waals surface area contributed by atoms with Crippen LogP contribution < -0.4 is 5.73 Å². The van der Waals surface area contributed by atoms with Gasteiger partial charge in [0.2, 0.25) is 0 Å². The first-order valence-electron chi connectivity index (χ1n) is 8.13. The molecule has 0 aromatic heterocycles. The molecule has 2 N–H and O–H groups in total. The number of hydrogen-bond acceptors (Lipinski definition) is 3. The lowest BCUT2D eigenvalue weighted by Crippen LogP contribution is -2.53. The summed E-state index contributed by atoms with van der Waals surface area (Å²) >= 11 is 0. The SMILES string of the molecule is CC(N)C(N1CCC(N2CCCCC2)C1)C(C)(C)C. The Kier molecular flexibility index (Phi) is 4.91. The van der Waals surface area contributed by atoms with Crippen molar-refractivity contribution < 1.29 is 0 Å². The third kappa shape index (κ3) is 3.71. The molecular formula is C16H33N3. The first kappa shape index (κ1) is 15.3. The minimum absolute atomic E-state index is 0.250. The Hall–Kier alpha value is -0.120. The maximum Gasteiger partial charge on any atom is 0.0293 e. The van der Waals surface area contributed by atoms with Crippen LogP contribution in [-0.4, -0.2) is 54.1 Å². The number of piperidine rings is 1. The van der Waals surface area contributed by atoms with E-state index in [1.807, 2.05) is 0 Å². The first-order valence-corrected chi connectivity index (χ1v) is 8.13. The minimum Gasteiger partial charge on any atom is -0.327 e. The van der Waals surface area contributed by atoms with E-state index in [1.54, 1.807) is 0 Å². The summed E-state index contributed by atoms with van der Waals surface area (Å²) < 4.78 is 0. The van der Waals surface area contributed by atoms with Crippen molar-refractivity contribution in [3.05, 3.63) is 0 Å². The van der Waals surface area contributed by atoms with Crippen molar-refractivity contribution in [1.82, 2.24) is 9.80 Å². The fourth-order valence-corrected chi connectivity index (χ4v) is 4.27. The molecule has 0 bridgehead atoms. The van der Waals surface area contributed by atoms with Crippen LogP contribution in [0.3, 0.4) is 0 Å². The molecule has 0 aromatic rings. The van der Waals surface area contributed by atoms with Gasteiger partial charge in [-0.05, 0) is 44.7 Å². The average Bonchev–Trinajstić information content (AvgIpc) is 2.77. The molecule has 0 radical (unpaired) electrons. The minimum atomic E-state index is 0.250. The predicted octanol–water partition coefficient (Wildman–Crippen LogP) is 2.31. The molecule has 0 saturated carbocycles. The van der Waals surface area contributed by atoms with Crippen LogP contribution in [0.4, 0.5) is 0 Å². The molecule has 0 aromatic carbocycles. The molecule has 0 aliphatic carbocycles. The Balaban J connectivity index is 1.96. The van der Waals surface area contributed by atoms with Gasteiger partial charge in [0.05, 0.1) is 0 Å². The second kappa shape index (κ2) is 6.11. The van der Waals surface area contributed by atoms with Crippen LogP contribution in [0.15, 0.2) is 0 Å². The fourth-order valence-electron chi connectivity index (χ4n) is 4.27. The van der Waals surface area contributed by atoms with Gasteiger partial charge in [-0.3, -0.25) is 9.80 Å². The zero-order valence-electron chi connectivity index (χ0n) is 13.4. The van der Waals surface area contributed by atoms with E-state index in [1.165, 1.54) is 51.9 Å². The third-order valence-electron chi connectivity index (χ3n) is 4.88. The van der Waals surface area contributed by atoms with Gasteiger partial charge in [-0.15, -0.1) is 0 Å². The van der Waals surface area contributed by atoms with Gasteiger partial charge in [0, 0.05) is 31.2 Å². The molecule has 0 spiro atoms. The van der Waals surface area contributed by atoms with Gasteiger partial charge in [0.15, 0.2) is 0 Å². The summed E-state index contributed by atoms with van der Waals surface area (Å²) in [5.74, 6) is 0. The van der Waals surface area contributed by atoms with Crippen LogP contribution in [0.1, 0.15) is 53.4 Å². The molecule has 2 aliphatic heterocycles. The largest absolute Gasteiger partial charge is 0.327 e. The molecule has 2 rings (SSSR count). The zero-order chi connectivity index (χ0) is 14.0. The van der Waals surface area contributed by atoms with Crippen molar-refractivity contribution in [3.63, 3.8) is 0 Å². The summed E-state index contributed by atoms with van der Waals surface area (Å²) in [5.41, 5.74) is 6.54. The Bertz CT molecular complexity index is 276. The normalized spacial score (nSPS) is 30.5. The smallest absolute Gasteiger partial charge is 0.0293 e. The number of likely N-dealkylation sites (tertiary alicyclic amines) is 2. The van der Waals surface area contributed by atoms with E-state index >= 15 is 0 Å². The van der Waals surface area contributed by atoms with Crippen molar-refractivity contribution in [3.8, 4) is 0 Å². The highest BCUT2D eigenvalue weighted by Crippen LogP contribution is 2.31. The highest BCUT2D eigenvalue weighted by Gasteiger charge is 2.38. The monoisotopic (exact) mass is 267 g/mol. The van der Waals surface area contributed by atoms with E-state index in [4.69, 9.17) is 5.73 Å². The van der Waals surface area contributed by atoms with Gasteiger partial charge < -0.3 is 5.73 Å². The molecule has 2 heterocycles. The van der Waals surface area contributed by atoms with E-state index < -0.39 is 0 Å². The van der Waals surface area contributed by atoms with Crippen molar-refractivity contribution in [2.45, 2.75) is 71.5 Å². The van der Waals surface area contributed by atoms with Crippen LogP contribution in [0.5, 0.6) is 0 Å². The second-order valence-corrected chi connectivity index (χ2v) is 7.70. The van der Waals surface area contributed by atoms with Crippen molar-refractivity contribution in [2.24, 2.45) is 11.1 Å². The average molecular weight is 267 g/mol. The van der Waals surface area contributed by atoms with Gasteiger partial charge in [-0.2, -0.15) is 0 Å². The molecule has 3 unspecified atom stereocenters. The summed E-state index contributed by atoms with van der Waals surface area (Å²) in [6.07, 6.45) is 5.55. The van der Waals surface area contributed by atoms with E-state index in [2.05, 4.69) is 37.5 Å². The Morgan fingerprint density at radius 3 is 2.21 bits per heavy atom. The molecule has 3 nitrogen and oxygen atoms in total. The van der Waals surface area contributed by atoms with Crippen molar-refractivity contribution >= 4 is 0 Å². The maximum atomic E-state index is 6.27. The van der Waals surface area contributed by atoms with Crippen LogP contribution in [-0.2, 0) is 0 Å². The molecular weight excluding hydrogens is 234 g/mol. The Labute approximate surface area is 119 Å². The Morgan fingerprint density at radius 1 is 1.05 bits per heavy atom. The molecule has 112 valence electrons. The van der Waals surface area contributed by atoms with Gasteiger partial charge in [0.1, 0.15) is 0 Å². The van der Waals surface area contributed by atoms with E-state index in [0.717, 1.165) is 6.04 Å². The summed E-state index contributed by atoms with van der Waals surface area (Å²) in [6.45, 7) is 14.2. The van der Waals surface area contributed by atoms with E-state index in [9.17, 15) is 0 Å². The number of rotatable bonds is 3. The summed E-state index contributed by atoms with van der Waals surface area (Å²) in [6, 6.07) is 1.53. The number of hydrogen-bond donors (Lipinski definition) is 1. The van der Waals surface area contributed by atoms with Crippen molar-refractivity contribution in [2.75, 3.05) is 26.2 Å². The zero-order valence-corrected chi connectivity index (χ0v) is 13.4. The molecule has 3 atom stereocenters. The lowest BCUT2D eigenvalue weighted by molar-refractivity contribution is 0.0895. The third-order valence-corrected chi connectivity index (χ3v) is 4.88. The van der Waals surface area contributed by atoms with Gasteiger partial charge in [-0.1, -0.05) is 27.2 Å². The van der Waals surface area contributed by atoms with E-state index in [-0.39, 0.29) is 11.5 Å². The lowest BCUT2D eigenvalue weighted by Gasteiger charge is -2.41. The van der Waals surface area contributed by atoms with Gasteiger partial charge >= 0.3 is 0 Å². The van der Waals surface area contributed by atoms with Gasteiger partial charge in [0.25, 0.3) is 0 Å². The first-order chi connectivity index (χ1) is 8.89. The van der Waals surface area contributed by atoms with Crippen LogP contribution >= 0.6 is 0 Å². The predicted molar refractivity (Wildman–Crippen MR) is 82.3 cm³/mol. The van der Waals surface area contributed by atoms with Crippen LogP contribution in [0.2, 0.25) is 0 Å². The molecule has 2 aliphatic rings. The Morgan fingerprint density at radius 2 is 1.68 bits per heavy atom. The standard InChI is InChI=1S/C16H33N3/c1-13(17)15(16(2,3)4)19-11-8-14(12-19)18-9-6-5-7-10-18/h13-15H,5-12,17H2,1-4H3. The maximum absolute atomic E-state index is 6.27. The van der Waals surface area contributed by atoms with Gasteiger partial charge in [-0.25, -0.2) is 0 Å². The quantitative estimate of drug-likeness (QED) is 0.852. The molecule has 2 saturated heterocycles. The molecule has 2 fully saturated rings. The highest BCUT2D eigenvalue weighted by molar-refractivity contribution is 4.95. The topological polar surface area (TPSA) is 32.5 Å². The fraction of sp³-hybridized carbons (Fsp3) is 1.00.